The molecule has 2 heterocycles. The predicted molar refractivity (Wildman–Crippen MR) is 65.5 cm³/mol. The van der Waals surface area contributed by atoms with Gasteiger partial charge in [0.05, 0.1) is 11.4 Å². The molecule has 1 aromatic heterocycles. The Kier molecular flexibility index (Phi) is 3.91. The lowest BCUT2D eigenvalue weighted by Gasteiger charge is -2.31. The van der Waals surface area contributed by atoms with Crippen molar-refractivity contribution in [1.29, 1.82) is 0 Å². The van der Waals surface area contributed by atoms with Crippen LogP contribution < -0.4 is 0 Å². The van der Waals surface area contributed by atoms with E-state index in [1.807, 2.05) is 11.4 Å². The van der Waals surface area contributed by atoms with Gasteiger partial charge in [0.2, 0.25) is 0 Å². The highest BCUT2D eigenvalue weighted by Gasteiger charge is 2.29. The van der Waals surface area contributed by atoms with E-state index in [0.29, 0.717) is 17.8 Å². The molecule has 0 amide bonds. The highest BCUT2D eigenvalue weighted by Crippen LogP contribution is 2.18. The van der Waals surface area contributed by atoms with Gasteiger partial charge in [-0.1, -0.05) is 12.5 Å². The van der Waals surface area contributed by atoms with Gasteiger partial charge in [0.1, 0.15) is 6.04 Å². The summed E-state index contributed by atoms with van der Waals surface area (Å²) in [5.74, 6) is -0.795. The Hall–Kier alpha value is -1.20. The van der Waals surface area contributed by atoms with Crippen LogP contribution in [0.5, 0.6) is 0 Å². The van der Waals surface area contributed by atoms with Crippen molar-refractivity contribution in [3.63, 3.8) is 0 Å². The minimum atomic E-state index is -0.816. The Bertz CT molecular complexity index is 402. The number of carbonyl (C=O) groups is 2. The SMILES string of the molecule is O=C(CN1CCCCC1C(=O)O)c1cccs1. The van der Waals surface area contributed by atoms with E-state index in [1.54, 1.807) is 11.0 Å². The number of nitrogens with zero attached hydrogens (tertiary/aromatic N) is 1. The molecule has 5 heteroatoms. The van der Waals surface area contributed by atoms with E-state index >= 15 is 0 Å². The van der Waals surface area contributed by atoms with Crippen molar-refractivity contribution in [2.24, 2.45) is 0 Å². The standard InChI is InChI=1S/C12H15NO3S/c14-10(11-5-3-7-17-11)8-13-6-2-1-4-9(13)12(15)16/h3,5,7,9H,1-2,4,6,8H2,(H,15,16). The number of carboxylic acid groups (broad SMARTS) is 1. The fraction of sp³-hybridized carbons (Fsp3) is 0.500. The molecule has 1 aromatic rings. The molecule has 1 aliphatic heterocycles. The summed E-state index contributed by atoms with van der Waals surface area (Å²) >= 11 is 1.41. The molecule has 0 bridgehead atoms. The van der Waals surface area contributed by atoms with Gasteiger partial charge < -0.3 is 5.11 Å². The first-order valence-electron chi connectivity index (χ1n) is 5.72. The molecule has 2 rings (SSSR count). The summed E-state index contributed by atoms with van der Waals surface area (Å²) in [6.45, 7) is 0.922. The Morgan fingerprint density at radius 2 is 2.29 bits per heavy atom. The van der Waals surface area contributed by atoms with Crippen molar-refractivity contribution in [2.75, 3.05) is 13.1 Å². The van der Waals surface area contributed by atoms with E-state index in [0.717, 1.165) is 12.8 Å². The van der Waals surface area contributed by atoms with Gasteiger partial charge in [-0.3, -0.25) is 14.5 Å². The molecule has 0 saturated carbocycles. The fourth-order valence-electron chi connectivity index (χ4n) is 2.16. The minimum absolute atomic E-state index is 0.0214. The van der Waals surface area contributed by atoms with Crippen molar-refractivity contribution < 1.29 is 14.7 Å². The molecular formula is C12H15NO3S. The Labute approximate surface area is 104 Å². The van der Waals surface area contributed by atoms with Crippen LogP contribution in [0.25, 0.3) is 0 Å². The third-order valence-electron chi connectivity index (χ3n) is 3.04. The molecule has 17 heavy (non-hydrogen) atoms. The van der Waals surface area contributed by atoms with Crippen LogP contribution in [0, 0.1) is 0 Å². The number of thiophene rings is 1. The summed E-state index contributed by atoms with van der Waals surface area (Å²) in [5, 5.41) is 11.0. The zero-order chi connectivity index (χ0) is 12.3. The molecule has 92 valence electrons. The van der Waals surface area contributed by atoms with Gasteiger partial charge in [-0.15, -0.1) is 11.3 Å². The third kappa shape index (κ3) is 2.92. The van der Waals surface area contributed by atoms with Crippen LogP contribution >= 0.6 is 11.3 Å². The fourth-order valence-corrected chi connectivity index (χ4v) is 2.82. The van der Waals surface area contributed by atoms with E-state index in [4.69, 9.17) is 5.11 Å². The van der Waals surface area contributed by atoms with Gasteiger partial charge in [0.15, 0.2) is 5.78 Å². The number of rotatable bonds is 4. The van der Waals surface area contributed by atoms with E-state index < -0.39 is 12.0 Å². The third-order valence-corrected chi connectivity index (χ3v) is 3.95. The van der Waals surface area contributed by atoms with Crippen LogP contribution in [0.3, 0.4) is 0 Å². The number of carbonyl (C=O) groups excluding carboxylic acids is 1. The molecule has 1 aliphatic rings. The highest BCUT2D eigenvalue weighted by atomic mass is 32.1. The molecular weight excluding hydrogens is 238 g/mol. The summed E-state index contributed by atoms with van der Waals surface area (Å²) in [6, 6.07) is 3.13. The van der Waals surface area contributed by atoms with Gasteiger partial charge in [0.25, 0.3) is 0 Å². The second-order valence-corrected chi connectivity index (χ2v) is 5.17. The molecule has 0 radical (unpaired) electrons. The molecule has 1 atom stereocenters. The van der Waals surface area contributed by atoms with Gasteiger partial charge in [0, 0.05) is 0 Å². The quantitative estimate of drug-likeness (QED) is 0.832. The average Bonchev–Trinajstić information content (AvgIpc) is 2.83. The summed E-state index contributed by atoms with van der Waals surface area (Å²) in [7, 11) is 0. The van der Waals surface area contributed by atoms with Gasteiger partial charge >= 0.3 is 5.97 Å². The maximum atomic E-state index is 11.9. The first-order valence-corrected chi connectivity index (χ1v) is 6.60. The van der Waals surface area contributed by atoms with Crippen LogP contribution in [0.1, 0.15) is 28.9 Å². The molecule has 1 fully saturated rings. The lowest BCUT2D eigenvalue weighted by Crippen LogP contribution is -2.46. The summed E-state index contributed by atoms with van der Waals surface area (Å²) in [6.07, 6.45) is 2.55. The summed E-state index contributed by atoms with van der Waals surface area (Å²) in [4.78, 5) is 25.5. The van der Waals surface area contributed by atoms with Crippen molar-refractivity contribution in [2.45, 2.75) is 25.3 Å². The lowest BCUT2D eigenvalue weighted by atomic mass is 10.0. The normalized spacial score (nSPS) is 21.3. The number of ketones is 1. The van der Waals surface area contributed by atoms with Crippen molar-refractivity contribution in [3.8, 4) is 0 Å². The van der Waals surface area contributed by atoms with Crippen molar-refractivity contribution in [1.82, 2.24) is 4.90 Å². The number of carboxylic acids is 1. The van der Waals surface area contributed by atoms with Gasteiger partial charge in [-0.2, -0.15) is 0 Å². The number of hydrogen-bond donors (Lipinski definition) is 1. The van der Waals surface area contributed by atoms with Gasteiger partial charge in [-0.25, -0.2) is 0 Å². The Balaban J connectivity index is 2.01. The smallest absolute Gasteiger partial charge is 0.320 e. The topological polar surface area (TPSA) is 57.6 Å². The largest absolute Gasteiger partial charge is 0.480 e. The monoisotopic (exact) mass is 253 g/mol. The molecule has 1 unspecified atom stereocenters. The number of piperidine rings is 1. The second kappa shape index (κ2) is 5.42. The predicted octanol–water partition coefficient (Wildman–Crippen LogP) is 1.87. The molecule has 0 spiro atoms. The van der Waals surface area contributed by atoms with E-state index in [2.05, 4.69) is 0 Å². The first kappa shape index (κ1) is 12.3. The minimum Gasteiger partial charge on any atom is -0.480 e. The lowest BCUT2D eigenvalue weighted by molar-refractivity contribution is -0.144. The zero-order valence-corrected chi connectivity index (χ0v) is 10.3. The van der Waals surface area contributed by atoms with Crippen LogP contribution in [-0.4, -0.2) is 40.9 Å². The molecule has 0 aliphatic carbocycles. The number of hydrogen-bond acceptors (Lipinski definition) is 4. The Morgan fingerprint density at radius 1 is 1.47 bits per heavy atom. The van der Waals surface area contributed by atoms with Gasteiger partial charge in [-0.05, 0) is 30.8 Å². The summed E-state index contributed by atoms with van der Waals surface area (Å²) < 4.78 is 0. The average molecular weight is 253 g/mol. The molecule has 4 nitrogen and oxygen atoms in total. The highest BCUT2D eigenvalue weighted by molar-refractivity contribution is 7.12. The van der Waals surface area contributed by atoms with Crippen LogP contribution in [0.4, 0.5) is 0 Å². The summed E-state index contributed by atoms with van der Waals surface area (Å²) in [5.41, 5.74) is 0. The molecule has 0 aromatic carbocycles. The zero-order valence-electron chi connectivity index (χ0n) is 9.46. The maximum Gasteiger partial charge on any atom is 0.320 e. The Morgan fingerprint density at radius 3 is 2.94 bits per heavy atom. The molecule has 1 N–H and O–H groups in total. The van der Waals surface area contributed by atoms with Crippen molar-refractivity contribution in [3.05, 3.63) is 22.4 Å². The van der Waals surface area contributed by atoms with Crippen LogP contribution in [-0.2, 0) is 4.79 Å². The number of Topliss-reactive ketones (excluding diaryl/α,β-unsaturated/α-hetero) is 1. The van der Waals surface area contributed by atoms with Crippen LogP contribution in [0.2, 0.25) is 0 Å². The number of aliphatic carboxylic acids is 1. The van der Waals surface area contributed by atoms with E-state index in [-0.39, 0.29) is 12.3 Å². The van der Waals surface area contributed by atoms with E-state index in [9.17, 15) is 9.59 Å². The van der Waals surface area contributed by atoms with E-state index in [1.165, 1.54) is 11.3 Å². The number of likely N-dealkylation sites (tertiary alicyclic amines) is 1. The van der Waals surface area contributed by atoms with Crippen molar-refractivity contribution >= 4 is 23.1 Å². The molecule has 1 saturated heterocycles. The second-order valence-electron chi connectivity index (χ2n) is 4.22. The first-order chi connectivity index (χ1) is 8.18. The van der Waals surface area contributed by atoms with Crippen LogP contribution in [0.15, 0.2) is 17.5 Å². The maximum absolute atomic E-state index is 11.9.